The van der Waals surface area contributed by atoms with Gasteiger partial charge in [-0.1, -0.05) is 0 Å². The highest BCUT2D eigenvalue weighted by Gasteiger charge is 2.19. The van der Waals surface area contributed by atoms with Crippen LogP contribution in [0.5, 0.6) is 0 Å². The van der Waals surface area contributed by atoms with Crippen molar-refractivity contribution in [1.82, 2.24) is 5.32 Å². The Labute approximate surface area is 94.3 Å². The van der Waals surface area contributed by atoms with Crippen LogP contribution < -0.4 is 5.32 Å². The van der Waals surface area contributed by atoms with E-state index in [2.05, 4.69) is 14.8 Å². The van der Waals surface area contributed by atoms with E-state index in [0.717, 1.165) is 0 Å². The molecule has 0 bridgehead atoms. The van der Waals surface area contributed by atoms with Gasteiger partial charge in [-0.15, -0.1) is 0 Å². The zero-order chi connectivity index (χ0) is 12.6. The van der Waals surface area contributed by atoms with E-state index in [1.807, 2.05) is 0 Å². The van der Waals surface area contributed by atoms with Crippen LogP contribution in [0.2, 0.25) is 0 Å². The first-order valence-electron chi connectivity index (χ1n) is 4.93. The molecular weight excluding hydrogens is 214 g/mol. The predicted octanol–water partition coefficient (Wildman–Crippen LogP) is 0.00740. The van der Waals surface area contributed by atoms with Crippen LogP contribution in [0.3, 0.4) is 0 Å². The minimum Gasteiger partial charge on any atom is -0.469 e. The number of amides is 1. The molecule has 0 heterocycles. The molecule has 0 aliphatic carbocycles. The predicted molar refractivity (Wildman–Crippen MR) is 55.5 cm³/mol. The molecule has 0 rings (SSSR count). The molecule has 6 nitrogen and oxygen atoms in total. The summed E-state index contributed by atoms with van der Waals surface area (Å²) in [6.45, 7) is 1.32. The van der Waals surface area contributed by atoms with Gasteiger partial charge in [-0.05, 0) is 12.8 Å². The molecule has 1 amide bonds. The van der Waals surface area contributed by atoms with Crippen molar-refractivity contribution in [3.8, 4) is 0 Å². The minimum absolute atomic E-state index is 0.212. The Bertz CT molecular complexity index is 264. The lowest BCUT2D eigenvalue weighted by Gasteiger charge is -2.14. The van der Waals surface area contributed by atoms with Gasteiger partial charge in [-0.2, -0.15) is 0 Å². The maximum atomic E-state index is 11.2. The van der Waals surface area contributed by atoms with Crippen molar-refractivity contribution < 1.29 is 23.9 Å². The first-order valence-corrected chi connectivity index (χ1v) is 4.93. The fraction of sp³-hybridized carbons (Fsp3) is 0.700. The van der Waals surface area contributed by atoms with E-state index in [4.69, 9.17) is 0 Å². The third-order valence-electron chi connectivity index (χ3n) is 1.96. The van der Waals surface area contributed by atoms with Gasteiger partial charge in [0.25, 0.3) is 0 Å². The van der Waals surface area contributed by atoms with Crippen molar-refractivity contribution in [1.29, 1.82) is 0 Å². The van der Waals surface area contributed by atoms with Crippen LogP contribution in [-0.2, 0) is 23.9 Å². The van der Waals surface area contributed by atoms with Gasteiger partial charge < -0.3 is 14.8 Å². The van der Waals surface area contributed by atoms with E-state index >= 15 is 0 Å². The Morgan fingerprint density at radius 2 is 1.81 bits per heavy atom. The largest absolute Gasteiger partial charge is 0.469 e. The molecule has 0 radical (unpaired) electrons. The van der Waals surface area contributed by atoms with E-state index in [-0.39, 0.29) is 18.3 Å². The molecular formula is C10H17NO5. The number of esters is 2. The summed E-state index contributed by atoms with van der Waals surface area (Å²) in [5, 5.41) is 2.46. The molecule has 16 heavy (non-hydrogen) atoms. The fourth-order valence-electron chi connectivity index (χ4n) is 1.19. The van der Waals surface area contributed by atoms with Gasteiger partial charge in [0.2, 0.25) is 5.91 Å². The normalized spacial score (nSPS) is 11.4. The van der Waals surface area contributed by atoms with Gasteiger partial charge in [-0.3, -0.25) is 9.59 Å². The van der Waals surface area contributed by atoms with Gasteiger partial charge in [0.05, 0.1) is 14.2 Å². The van der Waals surface area contributed by atoms with Gasteiger partial charge >= 0.3 is 11.9 Å². The second-order valence-corrected chi connectivity index (χ2v) is 3.24. The molecule has 0 aliphatic heterocycles. The van der Waals surface area contributed by atoms with Crippen molar-refractivity contribution in [3.05, 3.63) is 0 Å². The highest BCUT2D eigenvalue weighted by atomic mass is 16.5. The summed E-state index contributed by atoms with van der Waals surface area (Å²) >= 11 is 0. The molecule has 6 heteroatoms. The lowest BCUT2D eigenvalue weighted by atomic mass is 10.1. The zero-order valence-corrected chi connectivity index (χ0v) is 9.74. The number of ether oxygens (including phenoxy) is 2. The fourth-order valence-corrected chi connectivity index (χ4v) is 1.19. The van der Waals surface area contributed by atoms with Gasteiger partial charge in [-0.25, -0.2) is 4.79 Å². The van der Waals surface area contributed by atoms with Crippen molar-refractivity contribution in [2.45, 2.75) is 32.2 Å². The molecule has 1 atom stereocenters. The summed E-state index contributed by atoms with van der Waals surface area (Å²) in [5.41, 5.74) is 0. The maximum absolute atomic E-state index is 11.2. The van der Waals surface area contributed by atoms with E-state index in [1.165, 1.54) is 21.1 Å². The van der Waals surface area contributed by atoms with Crippen molar-refractivity contribution in [2.75, 3.05) is 14.2 Å². The maximum Gasteiger partial charge on any atom is 0.328 e. The second-order valence-electron chi connectivity index (χ2n) is 3.24. The van der Waals surface area contributed by atoms with Gasteiger partial charge in [0, 0.05) is 13.3 Å². The lowest BCUT2D eigenvalue weighted by molar-refractivity contribution is -0.145. The number of rotatable bonds is 6. The number of nitrogens with one attached hydrogen (secondary N) is 1. The summed E-state index contributed by atoms with van der Waals surface area (Å²) in [7, 11) is 2.55. The Kier molecular flexibility index (Phi) is 6.91. The molecule has 0 aliphatic rings. The molecule has 0 aromatic heterocycles. The Morgan fingerprint density at radius 1 is 1.19 bits per heavy atom. The van der Waals surface area contributed by atoms with E-state index in [0.29, 0.717) is 12.8 Å². The van der Waals surface area contributed by atoms with E-state index < -0.39 is 12.0 Å². The van der Waals surface area contributed by atoms with Crippen LogP contribution in [0, 0.1) is 0 Å². The number of carbonyl (C=O) groups is 3. The number of methoxy groups -OCH3 is 2. The summed E-state index contributed by atoms with van der Waals surface area (Å²) < 4.78 is 8.98. The Morgan fingerprint density at radius 3 is 2.25 bits per heavy atom. The van der Waals surface area contributed by atoms with Gasteiger partial charge in [0.1, 0.15) is 6.04 Å². The van der Waals surface area contributed by atoms with Crippen LogP contribution in [0.25, 0.3) is 0 Å². The summed E-state index contributed by atoms with van der Waals surface area (Å²) in [5.74, 6) is -1.17. The first kappa shape index (κ1) is 14.4. The SMILES string of the molecule is COC(=O)CCCC(NC(C)=O)C(=O)OC. The average Bonchev–Trinajstić information content (AvgIpc) is 2.25. The highest BCUT2D eigenvalue weighted by molar-refractivity contribution is 5.83. The van der Waals surface area contributed by atoms with Crippen LogP contribution in [0.4, 0.5) is 0 Å². The molecule has 1 N–H and O–H groups in total. The van der Waals surface area contributed by atoms with Gasteiger partial charge in [0.15, 0.2) is 0 Å². The van der Waals surface area contributed by atoms with Crippen LogP contribution in [0.15, 0.2) is 0 Å². The summed E-state index contributed by atoms with van der Waals surface area (Å²) in [6, 6.07) is -0.702. The number of hydrogen-bond acceptors (Lipinski definition) is 5. The van der Waals surface area contributed by atoms with Crippen molar-refractivity contribution in [3.63, 3.8) is 0 Å². The highest BCUT2D eigenvalue weighted by Crippen LogP contribution is 2.04. The van der Waals surface area contributed by atoms with Crippen LogP contribution >= 0.6 is 0 Å². The summed E-state index contributed by atoms with van der Waals surface area (Å²) in [4.78, 5) is 32.9. The van der Waals surface area contributed by atoms with E-state index in [9.17, 15) is 14.4 Å². The van der Waals surface area contributed by atoms with Crippen LogP contribution in [-0.4, -0.2) is 38.1 Å². The second kappa shape index (κ2) is 7.67. The molecule has 0 aromatic rings. The molecule has 0 fully saturated rings. The standard InChI is InChI=1S/C10H17NO5/c1-7(12)11-8(10(14)16-3)5-4-6-9(13)15-2/h8H,4-6H2,1-3H3,(H,11,12). The monoisotopic (exact) mass is 231 g/mol. The zero-order valence-electron chi connectivity index (χ0n) is 9.74. The molecule has 92 valence electrons. The molecule has 1 unspecified atom stereocenters. The first-order chi connectivity index (χ1) is 7.51. The van der Waals surface area contributed by atoms with E-state index in [1.54, 1.807) is 0 Å². The van der Waals surface area contributed by atoms with Crippen LogP contribution in [0.1, 0.15) is 26.2 Å². The van der Waals surface area contributed by atoms with Crippen molar-refractivity contribution in [2.24, 2.45) is 0 Å². The number of carbonyl (C=O) groups excluding carboxylic acids is 3. The quantitative estimate of drug-likeness (QED) is 0.651. The number of hydrogen-bond donors (Lipinski definition) is 1. The minimum atomic E-state index is -0.702. The smallest absolute Gasteiger partial charge is 0.328 e. The van der Waals surface area contributed by atoms with Crippen molar-refractivity contribution >= 4 is 17.8 Å². The Hall–Kier alpha value is -1.59. The topological polar surface area (TPSA) is 81.7 Å². The molecule has 0 saturated carbocycles. The Balaban J connectivity index is 4.06. The lowest BCUT2D eigenvalue weighted by Crippen LogP contribution is -2.40. The third kappa shape index (κ3) is 6.00. The molecule has 0 aromatic carbocycles. The third-order valence-corrected chi connectivity index (χ3v) is 1.96. The molecule has 0 spiro atoms. The average molecular weight is 231 g/mol. The summed E-state index contributed by atoms with van der Waals surface area (Å²) in [6.07, 6.45) is 1.01. The molecule has 0 saturated heterocycles.